The monoisotopic (exact) mass is 369 g/mol. The topological polar surface area (TPSA) is 95.0 Å². The molecule has 1 aromatic carbocycles. The van der Waals surface area contributed by atoms with E-state index in [9.17, 15) is 9.59 Å². The largest absolute Gasteiger partial charge is 0.345 e. The van der Waals surface area contributed by atoms with Gasteiger partial charge in [-0.25, -0.2) is 4.79 Å². The average molecular weight is 369 g/mol. The molecule has 9 heteroatoms. The van der Waals surface area contributed by atoms with Gasteiger partial charge in [0.2, 0.25) is 17.6 Å². The van der Waals surface area contributed by atoms with Crippen molar-refractivity contribution in [3.8, 4) is 10.7 Å². The predicted octanol–water partition coefficient (Wildman–Crippen LogP) is 1.77. The van der Waals surface area contributed by atoms with Crippen LogP contribution in [0, 0.1) is 0 Å². The molecule has 0 fully saturated rings. The Bertz CT molecular complexity index is 1120. The summed E-state index contributed by atoms with van der Waals surface area (Å²) < 4.78 is 8.11. The second-order valence-corrected chi connectivity index (χ2v) is 6.63. The molecule has 4 aromatic rings. The molecule has 4 rings (SSSR count). The number of hydrogen-bond acceptors (Lipinski definition) is 6. The number of imidazole rings is 1. The fourth-order valence-corrected chi connectivity index (χ4v) is 3.37. The third kappa shape index (κ3) is 2.93. The normalized spacial score (nSPS) is 11.1. The number of aryl methyl sites for hydroxylation is 1. The van der Waals surface area contributed by atoms with Gasteiger partial charge in [-0.3, -0.25) is 13.9 Å². The van der Waals surface area contributed by atoms with E-state index in [1.165, 1.54) is 20.5 Å². The maximum atomic E-state index is 12.3. The van der Waals surface area contributed by atoms with Crippen molar-refractivity contribution in [2.24, 2.45) is 7.05 Å². The smallest absolute Gasteiger partial charge is 0.329 e. The molecule has 0 aliphatic heterocycles. The molecule has 0 atom stereocenters. The highest BCUT2D eigenvalue weighted by Gasteiger charge is 2.14. The number of carbonyl (C=O) groups is 1. The van der Waals surface area contributed by atoms with Gasteiger partial charge >= 0.3 is 5.69 Å². The molecule has 8 nitrogen and oxygen atoms in total. The Kier molecular flexibility index (Phi) is 4.13. The van der Waals surface area contributed by atoms with Crippen molar-refractivity contribution in [2.75, 3.05) is 0 Å². The zero-order valence-corrected chi connectivity index (χ0v) is 14.7. The van der Waals surface area contributed by atoms with Crippen LogP contribution in [0.15, 0.2) is 51.1 Å². The highest BCUT2D eigenvalue weighted by atomic mass is 32.1. The van der Waals surface area contributed by atoms with E-state index < -0.39 is 0 Å². The Morgan fingerprint density at radius 1 is 1.23 bits per heavy atom. The summed E-state index contributed by atoms with van der Waals surface area (Å²) >= 11 is 1.51. The standard InChI is InChI=1S/C17H15N5O3S/c1-21-11-5-2-3-6-12(11)22(17(21)24)10-14(23)18-9-15-19-16(20-25-15)13-7-4-8-26-13/h2-8H,9-10H2,1H3,(H,18,23). The lowest BCUT2D eigenvalue weighted by Crippen LogP contribution is -2.32. The zero-order chi connectivity index (χ0) is 18.1. The Hall–Kier alpha value is -3.20. The molecule has 0 aliphatic carbocycles. The van der Waals surface area contributed by atoms with E-state index in [2.05, 4.69) is 15.5 Å². The quantitative estimate of drug-likeness (QED) is 0.578. The Balaban J connectivity index is 1.45. The molecule has 3 aromatic heterocycles. The number of nitrogens with zero attached hydrogens (tertiary/aromatic N) is 4. The molecular formula is C17H15N5O3S. The van der Waals surface area contributed by atoms with Gasteiger partial charge in [0, 0.05) is 7.05 Å². The first-order valence-electron chi connectivity index (χ1n) is 7.91. The second kappa shape index (κ2) is 6.60. The molecular weight excluding hydrogens is 354 g/mol. The zero-order valence-electron chi connectivity index (χ0n) is 13.9. The van der Waals surface area contributed by atoms with Gasteiger partial charge in [0.25, 0.3) is 0 Å². The maximum absolute atomic E-state index is 12.3. The van der Waals surface area contributed by atoms with E-state index in [0.29, 0.717) is 17.2 Å². The average Bonchev–Trinajstić information content (AvgIpc) is 3.38. The van der Waals surface area contributed by atoms with Crippen LogP contribution in [0.5, 0.6) is 0 Å². The van der Waals surface area contributed by atoms with E-state index in [1.807, 2.05) is 41.8 Å². The molecule has 0 unspecified atom stereocenters. The minimum Gasteiger partial charge on any atom is -0.345 e. The molecule has 0 spiro atoms. The minimum atomic E-state index is -0.306. The van der Waals surface area contributed by atoms with E-state index in [-0.39, 0.29) is 24.7 Å². The third-order valence-electron chi connectivity index (χ3n) is 4.00. The highest BCUT2D eigenvalue weighted by Crippen LogP contribution is 2.21. The van der Waals surface area contributed by atoms with Gasteiger partial charge < -0.3 is 9.84 Å². The van der Waals surface area contributed by atoms with Crippen LogP contribution in [-0.2, 0) is 24.9 Å². The van der Waals surface area contributed by atoms with Crippen LogP contribution in [0.25, 0.3) is 21.7 Å². The molecule has 0 saturated heterocycles. The van der Waals surface area contributed by atoms with Crippen LogP contribution < -0.4 is 11.0 Å². The van der Waals surface area contributed by atoms with Crippen molar-refractivity contribution in [2.45, 2.75) is 13.1 Å². The van der Waals surface area contributed by atoms with E-state index in [1.54, 1.807) is 7.05 Å². The third-order valence-corrected chi connectivity index (χ3v) is 4.87. The number of amides is 1. The lowest BCUT2D eigenvalue weighted by atomic mass is 10.3. The van der Waals surface area contributed by atoms with E-state index in [0.717, 1.165) is 10.4 Å². The van der Waals surface area contributed by atoms with Crippen molar-refractivity contribution in [3.63, 3.8) is 0 Å². The van der Waals surface area contributed by atoms with Gasteiger partial charge in [-0.05, 0) is 23.6 Å². The van der Waals surface area contributed by atoms with Gasteiger partial charge in [0.15, 0.2) is 0 Å². The Morgan fingerprint density at radius 2 is 2.04 bits per heavy atom. The highest BCUT2D eigenvalue weighted by molar-refractivity contribution is 7.13. The SMILES string of the molecule is Cn1c(=O)n(CC(=O)NCc2nc(-c3cccs3)no2)c2ccccc21. The van der Waals surface area contributed by atoms with Crippen molar-refractivity contribution in [1.29, 1.82) is 0 Å². The number of benzene rings is 1. The van der Waals surface area contributed by atoms with Crippen molar-refractivity contribution in [3.05, 3.63) is 58.2 Å². The summed E-state index contributed by atoms with van der Waals surface area (Å²) in [5.74, 6) is 0.501. The van der Waals surface area contributed by atoms with Crippen LogP contribution in [-0.4, -0.2) is 25.2 Å². The van der Waals surface area contributed by atoms with E-state index in [4.69, 9.17) is 4.52 Å². The minimum absolute atomic E-state index is 0.0773. The molecule has 0 radical (unpaired) electrons. The second-order valence-electron chi connectivity index (χ2n) is 5.68. The summed E-state index contributed by atoms with van der Waals surface area (Å²) in [6, 6.07) is 11.1. The molecule has 26 heavy (non-hydrogen) atoms. The lowest BCUT2D eigenvalue weighted by molar-refractivity contribution is -0.121. The maximum Gasteiger partial charge on any atom is 0.329 e. The number of aromatic nitrogens is 4. The fraction of sp³-hybridized carbons (Fsp3) is 0.176. The summed E-state index contributed by atoms with van der Waals surface area (Å²) in [6.07, 6.45) is 0. The van der Waals surface area contributed by atoms with Gasteiger partial charge in [-0.1, -0.05) is 23.4 Å². The van der Waals surface area contributed by atoms with Crippen LogP contribution in [0.2, 0.25) is 0 Å². The van der Waals surface area contributed by atoms with Gasteiger partial charge in [-0.15, -0.1) is 11.3 Å². The first-order chi connectivity index (χ1) is 12.6. The summed E-state index contributed by atoms with van der Waals surface area (Å²) in [5.41, 5.74) is 1.26. The molecule has 0 aliphatic rings. The number of thiophene rings is 1. The lowest BCUT2D eigenvalue weighted by Gasteiger charge is -2.04. The number of carbonyl (C=O) groups excluding carboxylic acids is 1. The molecule has 132 valence electrons. The van der Waals surface area contributed by atoms with Crippen LogP contribution in [0.3, 0.4) is 0 Å². The molecule has 1 N–H and O–H groups in total. The van der Waals surface area contributed by atoms with E-state index >= 15 is 0 Å². The number of rotatable bonds is 5. The Labute approximate surface area is 151 Å². The van der Waals surface area contributed by atoms with Gasteiger partial charge in [-0.2, -0.15) is 4.98 Å². The summed E-state index contributed by atoms with van der Waals surface area (Å²) in [4.78, 5) is 29.7. The molecule has 0 bridgehead atoms. The Morgan fingerprint density at radius 3 is 2.81 bits per heavy atom. The molecule has 3 heterocycles. The number of nitrogens with one attached hydrogen (secondary N) is 1. The van der Waals surface area contributed by atoms with Crippen molar-refractivity contribution in [1.82, 2.24) is 24.6 Å². The number of fused-ring (bicyclic) bond motifs is 1. The number of para-hydroxylation sites is 2. The van der Waals surface area contributed by atoms with Gasteiger partial charge in [0.1, 0.15) is 6.54 Å². The summed E-state index contributed by atoms with van der Waals surface area (Å²) in [6.45, 7) is 0.0306. The van der Waals surface area contributed by atoms with Crippen LogP contribution in [0.1, 0.15) is 5.89 Å². The predicted molar refractivity (Wildman–Crippen MR) is 96.6 cm³/mol. The van der Waals surface area contributed by atoms with Crippen LogP contribution >= 0.6 is 11.3 Å². The fourth-order valence-electron chi connectivity index (χ4n) is 2.72. The molecule has 0 saturated carbocycles. The summed E-state index contributed by atoms with van der Waals surface area (Å²) in [7, 11) is 1.68. The first kappa shape index (κ1) is 16.3. The first-order valence-corrected chi connectivity index (χ1v) is 8.79. The number of hydrogen-bond donors (Lipinski definition) is 1. The van der Waals surface area contributed by atoms with Crippen molar-refractivity contribution < 1.29 is 9.32 Å². The van der Waals surface area contributed by atoms with Crippen molar-refractivity contribution >= 4 is 28.3 Å². The molecule has 1 amide bonds. The van der Waals surface area contributed by atoms with Gasteiger partial charge in [0.05, 0.1) is 22.5 Å². The van der Waals surface area contributed by atoms with Crippen LogP contribution in [0.4, 0.5) is 0 Å². The summed E-state index contributed by atoms with van der Waals surface area (Å²) in [5, 5.41) is 8.53.